The number of esters is 1. The number of thiazole rings is 1. The highest BCUT2D eigenvalue weighted by molar-refractivity contribution is 7.84. The van der Waals surface area contributed by atoms with E-state index < -0.39 is 99.2 Å². The van der Waals surface area contributed by atoms with E-state index in [1.54, 1.807) is 111 Å². The maximum Gasteiger partial charge on any atom is 0.413 e. The van der Waals surface area contributed by atoms with Crippen molar-refractivity contribution in [3.63, 3.8) is 0 Å². The number of alkyl carbamates (subject to hydrolysis) is 1. The Balaban J connectivity index is 1.22. The normalized spacial score (nSPS) is 16.7. The molecule has 4 N–H and O–H groups in total. The summed E-state index contributed by atoms with van der Waals surface area (Å²) in [6.07, 6.45) is -1.16. The Kier molecular flexibility index (Phi) is 16.8. The number of carbonyl (C=O) groups excluding carboxylic acids is 6. The van der Waals surface area contributed by atoms with Crippen molar-refractivity contribution < 1.29 is 65.5 Å². The predicted octanol–water partition coefficient (Wildman–Crippen LogP) is 5.52. The lowest BCUT2D eigenvalue weighted by Gasteiger charge is -2.43. The van der Waals surface area contributed by atoms with Crippen LogP contribution in [0.25, 0.3) is 0 Å². The van der Waals surface area contributed by atoms with Crippen molar-refractivity contribution in [1.82, 2.24) is 39.8 Å². The largest absolute Gasteiger partial charge is 0.450 e. The maximum absolute atomic E-state index is 14.3. The van der Waals surface area contributed by atoms with Gasteiger partial charge >= 0.3 is 34.6 Å². The molecule has 0 bridgehead atoms. The minimum atomic E-state index is -5.21. The Hall–Kier alpha value is -7.19. The maximum atomic E-state index is 14.3. The Morgan fingerprint density at radius 1 is 0.890 bits per heavy atom. The molecule has 2 aliphatic rings. The van der Waals surface area contributed by atoms with E-state index in [2.05, 4.69) is 36.3 Å². The topological polar surface area (TPSA) is 301 Å². The number of nitrogens with zero attached hydrogens (tertiary/aromatic N) is 7. The van der Waals surface area contributed by atoms with Crippen molar-refractivity contribution in [2.24, 2.45) is 5.16 Å². The highest BCUT2D eigenvalue weighted by Crippen LogP contribution is 2.43. The summed E-state index contributed by atoms with van der Waals surface area (Å²) in [4.78, 5) is 92.4. The number of nitrogens with one attached hydrogen (secondary N) is 3. The highest BCUT2D eigenvalue weighted by Gasteiger charge is 2.57. The number of hydrogen-bond donors (Lipinski definition) is 4. The molecule has 2 fully saturated rings. The first-order valence-corrected chi connectivity index (χ1v) is 25.4. The van der Waals surface area contributed by atoms with E-state index >= 15 is 0 Å². The molecule has 0 radical (unpaired) electrons. The summed E-state index contributed by atoms with van der Waals surface area (Å²) >= 11 is 0.880. The number of hydrogen-bond acceptors (Lipinski definition) is 18. The summed E-state index contributed by atoms with van der Waals surface area (Å²) < 4.78 is 57.7. The molecule has 6 rings (SSSR count). The molecule has 1 aliphatic carbocycles. The van der Waals surface area contributed by atoms with Crippen LogP contribution >= 0.6 is 11.3 Å². The van der Waals surface area contributed by atoms with Crippen LogP contribution in [0.1, 0.15) is 110 Å². The Morgan fingerprint density at radius 3 is 2.04 bits per heavy atom. The molecule has 24 nitrogen and oxygen atoms in total. The average molecular weight is 1050 g/mol. The van der Waals surface area contributed by atoms with Crippen molar-refractivity contribution in [3.05, 3.63) is 94.8 Å². The molecule has 3 heterocycles. The van der Waals surface area contributed by atoms with Crippen LogP contribution in [0, 0.1) is 0 Å². The van der Waals surface area contributed by atoms with E-state index in [0.717, 1.165) is 16.1 Å². The van der Waals surface area contributed by atoms with Crippen LogP contribution in [0.2, 0.25) is 0 Å². The molecule has 4 aromatic rings. The number of aromatic nitrogens is 4. The molecule has 0 unspecified atom stereocenters. The van der Waals surface area contributed by atoms with Gasteiger partial charge in [-0.2, -0.15) is 23.4 Å². The van der Waals surface area contributed by atoms with E-state index in [1.807, 2.05) is 12.1 Å². The van der Waals surface area contributed by atoms with Crippen molar-refractivity contribution in [2.45, 2.75) is 135 Å². The van der Waals surface area contributed by atoms with Gasteiger partial charge in [-0.1, -0.05) is 65.8 Å². The standard InChI is InChI=1S/C47H60N10O14S2/c1-44(2,3)68-41(61)48-23-16-24-55(43(63)70-46(7,8)9)26-31-25-49-56(53-31)27-33-35(38(59)57(33)73(64,65)66)51-37(58)34(32-28-72-40(50-32)52-42(62)69-45(4,5)6)54-71-47(21-22-47)39(60)67-36(29-17-12-10-13-18-29)30-19-14-11-15-20-30/h10-15,17-20,25,28,33,35-36H,16,21-24,26-27H2,1-9H3,(H,48,61)(H,51,58)(H,50,52,62)(H,64,65,66)/t33-,35+/m1/s1. The first-order valence-electron chi connectivity index (χ1n) is 23.1. The van der Waals surface area contributed by atoms with Crippen LogP contribution in [0.3, 0.4) is 0 Å². The van der Waals surface area contributed by atoms with Gasteiger partial charge in [0, 0.05) is 31.3 Å². The van der Waals surface area contributed by atoms with E-state index in [9.17, 15) is 41.7 Å². The lowest BCUT2D eigenvalue weighted by atomic mass is 9.98. The zero-order valence-corrected chi connectivity index (χ0v) is 43.4. The van der Waals surface area contributed by atoms with Crippen molar-refractivity contribution in [2.75, 3.05) is 18.4 Å². The van der Waals surface area contributed by atoms with Crippen LogP contribution in [0.5, 0.6) is 0 Å². The molecule has 2 aromatic heterocycles. The van der Waals surface area contributed by atoms with Crippen molar-refractivity contribution in [3.8, 4) is 0 Å². The van der Waals surface area contributed by atoms with E-state index in [0.29, 0.717) is 11.1 Å². The van der Waals surface area contributed by atoms with E-state index in [4.69, 9.17) is 23.8 Å². The van der Waals surface area contributed by atoms with Gasteiger partial charge in [-0.25, -0.2) is 28.5 Å². The second-order valence-electron chi connectivity index (χ2n) is 20.0. The first-order chi connectivity index (χ1) is 34.1. The zero-order valence-electron chi connectivity index (χ0n) is 41.8. The quantitative estimate of drug-likeness (QED) is 0.0171. The summed E-state index contributed by atoms with van der Waals surface area (Å²) in [6.45, 7) is 14.8. The van der Waals surface area contributed by atoms with Gasteiger partial charge < -0.3 is 39.3 Å². The third kappa shape index (κ3) is 15.7. The number of carbonyl (C=O) groups is 6. The number of β-lactam (4-membered cyclic amide) rings is 1. The monoisotopic (exact) mass is 1050 g/mol. The smallest absolute Gasteiger partial charge is 0.413 e. The van der Waals surface area contributed by atoms with Crippen LogP contribution in [0.15, 0.2) is 77.4 Å². The number of rotatable bonds is 19. The van der Waals surface area contributed by atoms with E-state index in [1.165, 1.54) is 16.5 Å². The minimum absolute atomic E-state index is 0.0303. The van der Waals surface area contributed by atoms with Gasteiger partial charge in [0.1, 0.15) is 40.3 Å². The lowest BCUT2D eigenvalue weighted by molar-refractivity contribution is -0.164. The molecule has 1 aliphatic heterocycles. The molecular weight excluding hydrogens is 993 g/mol. The van der Waals surface area contributed by atoms with Crippen LogP contribution in [-0.2, 0) is 61.6 Å². The zero-order chi connectivity index (χ0) is 53.5. The van der Waals surface area contributed by atoms with Crippen molar-refractivity contribution in [1.29, 1.82) is 0 Å². The second kappa shape index (κ2) is 22.3. The molecule has 1 saturated carbocycles. The van der Waals surface area contributed by atoms with Gasteiger partial charge in [0.05, 0.1) is 19.3 Å². The van der Waals surface area contributed by atoms with Gasteiger partial charge in [-0.3, -0.25) is 19.5 Å². The van der Waals surface area contributed by atoms with Gasteiger partial charge in [-0.05, 0) is 79.9 Å². The number of ether oxygens (including phenoxy) is 4. The van der Waals surface area contributed by atoms with Crippen LogP contribution in [-0.4, -0.2) is 132 Å². The van der Waals surface area contributed by atoms with Crippen LogP contribution < -0.4 is 16.0 Å². The van der Waals surface area contributed by atoms with Gasteiger partial charge in [0.2, 0.25) is 5.60 Å². The molecule has 2 atom stereocenters. The average Bonchev–Trinajstić information content (AvgIpc) is 3.72. The predicted molar refractivity (Wildman–Crippen MR) is 262 cm³/mol. The summed E-state index contributed by atoms with van der Waals surface area (Å²) in [5, 5.41) is 21.5. The number of anilines is 1. The van der Waals surface area contributed by atoms with Gasteiger partial charge in [-0.15, -0.1) is 11.3 Å². The second-order valence-corrected chi connectivity index (χ2v) is 22.1. The molecule has 0 spiro atoms. The Morgan fingerprint density at radius 2 is 1.48 bits per heavy atom. The Labute approximate surface area is 426 Å². The van der Waals surface area contributed by atoms with Crippen LogP contribution in [0.4, 0.5) is 19.5 Å². The lowest BCUT2D eigenvalue weighted by Crippen LogP contribution is -2.73. The molecule has 26 heteroatoms. The minimum Gasteiger partial charge on any atom is -0.450 e. The molecule has 394 valence electrons. The highest BCUT2D eigenvalue weighted by atomic mass is 32.2. The third-order valence-corrected chi connectivity index (χ3v) is 12.0. The van der Waals surface area contributed by atoms with E-state index in [-0.39, 0.29) is 59.7 Å². The summed E-state index contributed by atoms with van der Waals surface area (Å²) in [5.74, 6) is -3.15. The number of oxime groups is 1. The number of amides is 5. The molecule has 2 aromatic carbocycles. The fraction of sp³-hybridized carbons (Fsp3) is 0.489. The van der Waals surface area contributed by atoms with Gasteiger partial charge in [0.25, 0.3) is 11.8 Å². The summed E-state index contributed by atoms with van der Waals surface area (Å²) in [5.41, 5.74) is -3.31. The SMILES string of the molecule is CC(C)(C)OC(=O)NCCCN(Cc1cnn(C[C@@H]2[C@H](NC(=O)C(=NOC3(C(=O)OC(c4ccccc4)c4ccccc4)CC3)c3csc(NC(=O)OC(C)(C)C)n3)C(=O)N2S(=O)(=O)O)n1)C(=O)OC(C)(C)C. The number of benzene rings is 2. The fourth-order valence-corrected chi connectivity index (χ4v) is 8.51. The van der Waals surface area contributed by atoms with Gasteiger partial charge in [0.15, 0.2) is 16.9 Å². The summed E-state index contributed by atoms with van der Waals surface area (Å²) in [7, 11) is -5.21. The Bertz CT molecular complexity index is 2740. The molecular formula is C47H60N10O14S2. The molecule has 5 amide bonds. The molecule has 73 heavy (non-hydrogen) atoms. The van der Waals surface area contributed by atoms with Crippen molar-refractivity contribution >= 4 is 68.5 Å². The third-order valence-electron chi connectivity index (χ3n) is 10.3. The first kappa shape index (κ1) is 55.1. The fourth-order valence-electron chi connectivity index (χ4n) is 6.96. The summed E-state index contributed by atoms with van der Waals surface area (Å²) in [6, 6.07) is 14.9. The molecule has 1 saturated heterocycles.